The third-order valence-corrected chi connectivity index (χ3v) is 3.55. The molecule has 0 aliphatic carbocycles. The summed E-state index contributed by atoms with van der Waals surface area (Å²) < 4.78 is 1.56. The number of aryl methyl sites for hydroxylation is 1. The van der Waals surface area contributed by atoms with E-state index in [2.05, 4.69) is 22.7 Å². The first-order valence-electron chi connectivity index (χ1n) is 8.23. The van der Waals surface area contributed by atoms with Crippen LogP contribution in [0.2, 0.25) is 0 Å². The third kappa shape index (κ3) is 7.85. The van der Waals surface area contributed by atoms with Crippen LogP contribution in [0.25, 0.3) is 0 Å². The van der Waals surface area contributed by atoms with Gasteiger partial charge in [-0.1, -0.05) is 45.4 Å². The number of nitrogens with zero attached hydrogens (tertiary/aromatic N) is 2. The van der Waals surface area contributed by atoms with E-state index in [1.165, 1.54) is 38.5 Å². The first kappa shape index (κ1) is 17.7. The zero-order valence-corrected chi connectivity index (χ0v) is 13.5. The molecular weight excluding hydrogens is 264 g/mol. The fraction of sp³-hybridized carbons (Fsp3) is 0.750. The van der Waals surface area contributed by atoms with Crippen LogP contribution in [0.3, 0.4) is 0 Å². The van der Waals surface area contributed by atoms with Crippen LogP contribution >= 0.6 is 0 Å². The number of hydrogen-bond acceptors (Lipinski definition) is 4. The molecule has 2 N–H and O–H groups in total. The number of hydrogen-bond donors (Lipinski definition) is 2. The zero-order chi connectivity index (χ0) is 15.3. The predicted molar refractivity (Wildman–Crippen MR) is 88.9 cm³/mol. The molecule has 0 unspecified atom stereocenters. The Morgan fingerprint density at radius 1 is 1.10 bits per heavy atom. The van der Waals surface area contributed by atoms with Crippen molar-refractivity contribution in [1.29, 1.82) is 0 Å². The molecule has 0 aromatic carbocycles. The number of likely N-dealkylation sites (N-methyl/N-ethyl adjacent to an activating group) is 1. The van der Waals surface area contributed by atoms with Gasteiger partial charge in [0, 0.05) is 25.7 Å². The zero-order valence-electron chi connectivity index (χ0n) is 13.5. The van der Waals surface area contributed by atoms with E-state index in [4.69, 9.17) is 0 Å². The minimum absolute atomic E-state index is 0.0181. The largest absolute Gasteiger partial charge is 0.382 e. The summed E-state index contributed by atoms with van der Waals surface area (Å²) in [5.74, 6) is 0. The van der Waals surface area contributed by atoms with Crippen molar-refractivity contribution in [3.8, 4) is 0 Å². The summed E-state index contributed by atoms with van der Waals surface area (Å²) in [5, 5.41) is 10.4. The molecule has 0 amide bonds. The maximum atomic E-state index is 11.9. The monoisotopic (exact) mass is 294 g/mol. The molecule has 0 atom stereocenters. The van der Waals surface area contributed by atoms with Gasteiger partial charge in [0.2, 0.25) is 0 Å². The number of anilines is 1. The summed E-state index contributed by atoms with van der Waals surface area (Å²) >= 11 is 0. The topological polar surface area (TPSA) is 59.0 Å². The molecule has 0 aliphatic heterocycles. The lowest BCUT2D eigenvalue weighted by atomic mass is 10.1. The van der Waals surface area contributed by atoms with Crippen LogP contribution in [0, 0.1) is 0 Å². The number of nitrogens with one attached hydrogen (secondary N) is 2. The molecule has 120 valence electrons. The highest BCUT2D eigenvalue weighted by atomic mass is 16.1. The van der Waals surface area contributed by atoms with Crippen LogP contribution in [0.5, 0.6) is 0 Å². The minimum Gasteiger partial charge on any atom is -0.382 e. The van der Waals surface area contributed by atoms with Crippen LogP contribution in [-0.4, -0.2) is 29.9 Å². The van der Waals surface area contributed by atoms with E-state index in [0.717, 1.165) is 31.7 Å². The number of aromatic nitrogens is 2. The maximum Gasteiger partial charge on any atom is 0.268 e. The lowest BCUT2D eigenvalue weighted by Gasteiger charge is -2.08. The Labute approximate surface area is 128 Å². The summed E-state index contributed by atoms with van der Waals surface area (Å²) in [4.78, 5) is 11.9. The Kier molecular flexibility index (Phi) is 9.53. The van der Waals surface area contributed by atoms with Crippen LogP contribution in [0.1, 0.15) is 51.9 Å². The minimum atomic E-state index is -0.0181. The predicted octanol–water partition coefficient (Wildman–Crippen LogP) is 2.63. The number of rotatable bonds is 12. The molecule has 5 nitrogen and oxygen atoms in total. The van der Waals surface area contributed by atoms with E-state index in [1.54, 1.807) is 16.9 Å². The summed E-state index contributed by atoms with van der Waals surface area (Å²) in [6.45, 7) is 4.61. The molecule has 0 spiro atoms. The van der Waals surface area contributed by atoms with Gasteiger partial charge in [-0.15, -0.1) is 0 Å². The molecule has 1 aromatic rings. The van der Waals surface area contributed by atoms with Gasteiger partial charge in [0.05, 0.1) is 11.9 Å². The Bertz CT molecular complexity index is 431. The SMILES string of the molecule is CCCCCCCCCn1ncc(NCCNC)cc1=O. The summed E-state index contributed by atoms with van der Waals surface area (Å²) in [7, 11) is 1.90. The first-order chi connectivity index (χ1) is 10.3. The van der Waals surface area contributed by atoms with Gasteiger partial charge in [-0.05, 0) is 13.5 Å². The van der Waals surface area contributed by atoms with Crippen LogP contribution in [0.15, 0.2) is 17.1 Å². The molecule has 1 aromatic heterocycles. The molecular formula is C16H30N4O. The second kappa shape index (κ2) is 11.3. The van der Waals surface area contributed by atoms with Gasteiger partial charge >= 0.3 is 0 Å². The Morgan fingerprint density at radius 3 is 2.48 bits per heavy atom. The fourth-order valence-electron chi connectivity index (χ4n) is 2.25. The van der Waals surface area contributed by atoms with Crippen molar-refractivity contribution in [2.24, 2.45) is 0 Å². The van der Waals surface area contributed by atoms with Gasteiger partial charge in [-0.3, -0.25) is 4.79 Å². The maximum absolute atomic E-state index is 11.9. The molecule has 1 rings (SSSR count). The lowest BCUT2D eigenvalue weighted by Crippen LogP contribution is -2.24. The Balaban J connectivity index is 2.24. The smallest absolute Gasteiger partial charge is 0.268 e. The molecule has 0 saturated carbocycles. The van der Waals surface area contributed by atoms with E-state index in [-0.39, 0.29) is 5.56 Å². The van der Waals surface area contributed by atoms with Crippen LogP contribution in [0.4, 0.5) is 5.69 Å². The van der Waals surface area contributed by atoms with Gasteiger partial charge in [0.15, 0.2) is 0 Å². The quantitative estimate of drug-likeness (QED) is 0.582. The average molecular weight is 294 g/mol. The summed E-state index contributed by atoms with van der Waals surface area (Å²) in [6.07, 6.45) is 10.5. The molecule has 0 aliphatic rings. The molecule has 0 saturated heterocycles. The lowest BCUT2D eigenvalue weighted by molar-refractivity contribution is 0.506. The van der Waals surface area contributed by atoms with Crippen molar-refractivity contribution in [1.82, 2.24) is 15.1 Å². The normalized spacial score (nSPS) is 10.8. The Morgan fingerprint density at radius 2 is 1.81 bits per heavy atom. The first-order valence-corrected chi connectivity index (χ1v) is 8.23. The molecule has 21 heavy (non-hydrogen) atoms. The van der Waals surface area contributed by atoms with Crippen molar-refractivity contribution in [3.63, 3.8) is 0 Å². The standard InChI is InChI=1S/C16H30N4O/c1-3-4-5-6-7-8-9-12-20-16(21)13-15(14-19-20)18-11-10-17-2/h13-14,17-18H,3-12H2,1-2H3. The highest BCUT2D eigenvalue weighted by molar-refractivity contribution is 5.38. The highest BCUT2D eigenvalue weighted by Gasteiger charge is 2.00. The van der Waals surface area contributed by atoms with Gasteiger partial charge < -0.3 is 10.6 Å². The van der Waals surface area contributed by atoms with Crippen molar-refractivity contribution < 1.29 is 0 Å². The van der Waals surface area contributed by atoms with Gasteiger partial charge in [-0.25, -0.2) is 4.68 Å². The van der Waals surface area contributed by atoms with E-state index in [0.29, 0.717) is 0 Å². The summed E-state index contributed by atoms with van der Waals surface area (Å²) in [5.41, 5.74) is 0.779. The van der Waals surface area contributed by atoms with E-state index < -0.39 is 0 Å². The second-order valence-electron chi connectivity index (χ2n) is 5.46. The van der Waals surface area contributed by atoms with Crippen molar-refractivity contribution in [3.05, 3.63) is 22.6 Å². The molecule has 0 radical (unpaired) electrons. The Hall–Kier alpha value is -1.36. The second-order valence-corrected chi connectivity index (χ2v) is 5.46. The van der Waals surface area contributed by atoms with Crippen LogP contribution < -0.4 is 16.2 Å². The molecule has 0 fully saturated rings. The number of unbranched alkanes of at least 4 members (excludes halogenated alkanes) is 6. The molecule has 1 heterocycles. The molecule has 0 bridgehead atoms. The van der Waals surface area contributed by atoms with Crippen molar-refractivity contribution >= 4 is 5.69 Å². The third-order valence-electron chi connectivity index (χ3n) is 3.55. The van der Waals surface area contributed by atoms with Crippen molar-refractivity contribution in [2.45, 2.75) is 58.4 Å². The van der Waals surface area contributed by atoms with E-state index >= 15 is 0 Å². The average Bonchev–Trinajstić information content (AvgIpc) is 2.48. The van der Waals surface area contributed by atoms with Gasteiger partial charge in [-0.2, -0.15) is 5.10 Å². The summed E-state index contributed by atoms with van der Waals surface area (Å²) in [6, 6.07) is 1.63. The molecule has 5 heteroatoms. The highest BCUT2D eigenvalue weighted by Crippen LogP contribution is 2.07. The van der Waals surface area contributed by atoms with E-state index in [9.17, 15) is 4.79 Å². The van der Waals surface area contributed by atoms with E-state index in [1.807, 2.05) is 7.05 Å². The van der Waals surface area contributed by atoms with Crippen molar-refractivity contribution in [2.75, 3.05) is 25.5 Å². The van der Waals surface area contributed by atoms with Gasteiger partial charge in [0.1, 0.15) is 0 Å². The fourth-order valence-corrected chi connectivity index (χ4v) is 2.25. The van der Waals surface area contributed by atoms with Crippen LogP contribution in [-0.2, 0) is 6.54 Å². The van der Waals surface area contributed by atoms with Gasteiger partial charge in [0.25, 0.3) is 5.56 Å².